The molecule has 2 aliphatic rings. The average Bonchev–Trinajstić information content (AvgIpc) is 2.97. The maximum atomic E-state index is 14.1. The second kappa shape index (κ2) is 12.6. The second-order valence-electron chi connectivity index (χ2n) is 10.7. The lowest BCUT2D eigenvalue weighted by atomic mass is 9.83. The Morgan fingerprint density at radius 2 is 1.70 bits per heavy atom. The maximum Gasteiger partial charge on any atom is 0.412 e. The highest BCUT2D eigenvalue weighted by Crippen LogP contribution is 2.43. The van der Waals surface area contributed by atoms with Gasteiger partial charge in [-0.1, -0.05) is 23.7 Å². The van der Waals surface area contributed by atoms with Gasteiger partial charge in [-0.25, -0.2) is 9.59 Å². The van der Waals surface area contributed by atoms with Gasteiger partial charge in [0.1, 0.15) is 6.04 Å². The van der Waals surface area contributed by atoms with E-state index in [1.54, 1.807) is 47.4 Å². The molecule has 3 aromatic carbocycles. The molecule has 0 bridgehead atoms. The number of benzene rings is 3. The van der Waals surface area contributed by atoms with Crippen LogP contribution < -0.4 is 21.3 Å². The van der Waals surface area contributed by atoms with Crippen molar-refractivity contribution in [3.8, 4) is 0 Å². The van der Waals surface area contributed by atoms with Gasteiger partial charge in [0, 0.05) is 47.4 Å². The Balaban J connectivity index is 1.41. The van der Waals surface area contributed by atoms with Gasteiger partial charge in [-0.15, -0.1) is 0 Å². The number of nitrogens with zero attached hydrogens (tertiary/aromatic N) is 1. The van der Waals surface area contributed by atoms with Crippen molar-refractivity contribution in [2.24, 2.45) is 0 Å². The number of amides is 5. The highest BCUT2D eigenvalue weighted by Gasteiger charge is 2.47. The van der Waals surface area contributed by atoms with Gasteiger partial charge in [0.15, 0.2) is 5.60 Å². The van der Waals surface area contributed by atoms with Crippen molar-refractivity contribution in [3.05, 3.63) is 88.4 Å². The number of piperidine rings is 1. The van der Waals surface area contributed by atoms with E-state index in [0.29, 0.717) is 41.3 Å². The van der Waals surface area contributed by atoms with E-state index >= 15 is 0 Å². The molecule has 0 radical (unpaired) electrons. The van der Waals surface area contributed by atoms with Crippen LogP contribution in [-0.4, -0.2) is 59.0 Å². The number of halogens is 1. The van der Waals surface area contributed by atoms with Crippen molar-refractivity contribution < 1.29 is 33.8 Å². The van der Waals surface area contributed by atoms with E-state index in [-0.39, 0.29) is 36.0 Å². The van der Waals surface area contributed by atoms with Crippen LogP contribution in [0.2, 0.25) is 5.02 Å². The molecule has 0 saturated carbocycles. The highest BCUT2D eigenvalue weighted by atomic mass is 35.5. The zero-order chi connectivity index (χ0) is 31.4. The molecule has 2 aliphatic heterocycles. The Labute approximate surface area is 257 Å². The molecule has 0 aliphatic carbocycles. The second-order valence-corrected chi connectivity index (χ2v) is 11.1. The van der Waals surface area contributed by atoms with Crippen LogP contribution in [0.25, 0.3) is 0 Å². The first-order valence-corrected chi connectivity index (χ1v) is 14.3. The van der Waals surface area contributed by atoms with Gasteiger partial charge in [-0.2, -0.15) is 0 Å². The van der Waals surface area contributed by atoms with Crippen molar-refractivity contribution in [3.63, 3.8) is 0 Å². The van der Waals surface area contributed by atoms with E-state index in [1.807, 2.05) is 0 Å². The number of likely N-dealkylation sites (tertiary alicyclic amines) is 1. The molecule has 13 heteroatoms. The molecule has 1 saturated heterocycles. The third kappa shape index (κ3) is 6.92. The normalized spacial score (nSPS) is 17.9. The summed E-state index contributed by atoms with van der Waals surface area (Å²) in [6.45, 7) is 1.85. The topological polar surface area (TPSA) is 166 Å². The predicted molar refractivity (Wildman–Crippen MR) is 163 cm³/mol. The fourth-order valence-corrected chi connectivity index (χ4v) is 5.71. The molecule has 228 valence electrons. The van der Waals surface area contributed by atoms with E-state index < -0.39 is 29.7 Å². The summed E-state index contributed by atoms with van der Waals surface area (Å²) >= 11 is 6.29. The summed E-state index contributed by atoms with van der Waals surface area (Å²) in [5.74, 6) is -1.12. The SMILES string of the molecule is CC(=O)Nc1ccc(C[C@H](NC(=O)c2ccc(NC(=O)O)cc2)C(=O)N2CCC[C@@]3(C2)OC(=O)Nc2ccc(Cl)cc23)cc1. The van der Waals surface area contributed by atoms with Gasteiger partial charge in [-0.3, -0.25) is 25.0 Å². The number of carbonyl (C=O) groups excluding carboxylic acids is 4. The number of carboxylic acid groups (broad SMARTS) is 1. The van der Waals surface area contributed by atoms with E-state index in [4.69, 9.17) is 21.4 Å². The molecule has 0 aromatic heterocycles. The Hall–Kier alpha value is -5.10. The molecule has 1 spiro atoms. The molecular formula is C31H30ClN5O7. The van der Waals surface area contributed by atoms with Gasteiger partial charge >= 0.3 is 12.2 Å². The van der Waals surface area contributed by atoms with E-state index in [2.05, 4.69) is 21.3 Å². The molecule has 0 unspecified atom stereocenters. The standard InChI is InChI=1S/C31H30ClN5O7/c1-18(38)33-22-8-3-19(4-9-22)15-26(35-27(39)20-5-10-23(11-6-20)34-29(41)42)28(40)37-14-2-13-31(17-37)24-16-21(32)7-12-25(24)36-30(43)44-31/h3-12,16,26,34H,2,13-15,17H2,1H3,(H,33,38)(H,35,39)(H,36,43)(H,41,42)/t26-,31-/m0/s1. The van der Waals surface area contributed by atoms with Crippen LogP contribution in [0.5, 0.6) is 0 Å². The number of nitrogens with one attached hydrogen (secondary N) is 4. The van der Waals surface area contributed by atoms with E-state index in [1.165, 1.54) is 31.2 Å². The number of hydrogen-bond donors (Lipinski definition) is 5. The van der Waals surface area contributed by atoms with Crippen molar-refractivity contribution >= 4 is 58.6 Å². The van der Waals surface area contributed by atoms with Gasteiger partial charge in [-0.05, 0) is 73.0 Å². The molecule has 5 N–H and O–H groups in total. The number of fused-ring (bicyclic) bond motifs is 2. The minimum atomic E-state index is -1.24. The zero-order valence-corrected chi connectivity index (χ0v) is 24.4. The van der Waals surface area contributed by atoms with Crippen molar-refractivity contribution in [1.29, 1.82) is 0 Å². The first kappa shape index (κ1) is 30.4. The third-order valence-electron chi connectivity index (χ3n) is 7.48. The molecule has 12 nitrogen and oxygen atoms in total. The molecule has 1 fully saturated rings. The summed E-state index contributed by atoms with van der Waals surface area (Å²) in [7, 11) is 0. The van der Waals surface area contributed by atoms with Gasteiger partial charge < -0.3 is 25.4 Å². The van der Waals surface area contributed by atoms with Crippen molar-refractivity contribution in [2.75, 3.05) is 29.0 Å². The molecule has 3 aromatic rings. The number of hydrogen-bond acceptors (Lipinski definition) is 6. The van der Waals surface area contributed by atoms with Crippen LogP contribution in [0.1, 0.15) is 41.3 Å². The molecule has 2 atom stereocenters. The smallest absolute Gasteiger partial charge is 0.412 e. The van der Waals surface area contributed by atoms with Crippen molar-refractivity contribution in [1.82, 2.24) is 10.2 Å². The lowest BCUT2D eigenvalue weighted by molar-refractivity contribution is -0.141. The van der Waals surface area contributed by atoms with E-state index in [0.717, 1.165) is 5.56 Å². The summed E-state index contributed by atoms with van der Waals surface area (Å²) < 4.78 is 5.84. The monoisotopic (exact) mass is 619 g/mol. The predicted octanol–water partition coefficient (Wildman–Crippen LogP) is 4.81. The lowest BCUT2D eigenvalue weighted by Gasteiger charge is -2.45. The molecular weight excluding hydrogens is 590 g/mol. The van der Waals surface area contributed by atoms with Gasteiger partial charge in [0.05, 0.1) is 12.2 Å². The maximum absolute atomic E-state index is 14.1. The fourth-order valence-electron chi connectivity index (χ4n) is 5.54. The number of carbonyl (C=O) groups is 5. The number of rotatable bonds is 7. The van der Waals surface area contributed by atoms with Crippen LogP contribution in [0.3, 0.4) is 0 Å². The number of anilines is 3. The summed E-state index contributed by atoms with van der Waals surface area (Å²) in [4.78, 5) is 63.9. The van der Waals surface area contributed by atoms with Gasteiger partial charge in [0.25, 0.3) is 5.91 Å². The first-order valence-electron chi connectivity index (χ1n) is 13.9. The highest BCUT2D eigenvalue weighted by molar-refractivity contribution is 6.30. The lowest BCUT2D eigenvalue weighted by Crippen LogP contribution is -2.57. The largest absolute Gasteiger partial charge is 0.465 e. The third-order valence-corrected chi connectivity index (χ3v) is 7.71. The molecule has 2 heterocycles. The Kier molecular flexibility index (Phi) is 8.72. The van der Waals surface area contributed by atoms with Crippen LogP contribution in [-0.2, 0) is 26.3 Å². The first-order chi connectivity index (χ1) is 21.0. The summed E-state index contributed by atoms with van der Waals surface area (Å²) in [5, 5.41) is 19.8. The van der Waals surface area contributed by atoms with Crippen LogP contribution in [0.4, 0.5) is 26.7 Å². The zero-order valence-electron chi connectivity index (χ0n) is 23.7. The number of ether oxygens (including phenoxy) is 1. The quantitative estimate of drug-likeness (QED) is 0.253. The van der Waals surface area contributed by atoms with Crippen LogP contribution in [0.15, 0.2) is 66.7 Å². The van der Waals surface area contributed by atoms with Crippen LogP contribution >= 0.6 is 11.6 Å². The summed E-state index contributed by atoms with van der Waals surface area (Å²) in [6, 6.07) is 16.8. The minimum absolute atomic E-state index is 0.0655. The van der Waals surface area contributed by atoms with Crippen molar-refractivity contribution in [2.45, 2.75) is 37.8 Å². The summed E-state index contributed by atoms with van der Waals surface area (Å²) in [6.07, 6.45) is -0.706. The Bertz CT molecular complexity index is 1610. The molecule has 44 heavy (non-hydrogen) atoms. The summed E-state index contributed by atoms with van der Waals surface area (Å²) in [5.41, 5.74) is 1.96. The van der Waals surface area contributed by atoms with Gasteiger partial charge in [0.2, 0.25) is 11.8 Å². The Morgan fingerprint density at radius 1 is 1.02 bits per heavy atom. The molecule has 5 rings (SSSR count). The molecule has 5 amide bonds. The van der Waals surface area contributed by atoms with Crippen LogP contribution in [0, 0.1) is 0 Å². The van der Waals surface area contributed by atoms with E-state index in [9.17, 15) is 24.0 Å². The Morgan fingerprint density at radius 3 is 2.39 bits per heavy atom. The average molecular weight is 620 g/mol. The minimum Gasteiger partial charge on any atom is -0.465 e. The fraction of sp³-hybridized carbons (Fsp3) is 0.258.